The predicted octanol–water partition coefficient (Wildman–Crippen LogP) is 1.96. The van der Waals surface area contributed by atoms with Crippen molar-refractivity contribution < 1.29 is 14.4 Å². The lowest BCUT2D eigenvalue weighted by atomic mass is 10.1. The smallest absolute Gasteiger partial charge is 0.326 e. The second kappa shape index (κ2) is 9.68. The molecule has 0 atom stereocenters. The van der Waals surface area contributed by atoms with Gasteiger partial charge in [0, 0.05) is 33.1 Å². The number of likely N-dealkylation sites (tertiary alicyclic amines) is 1. The van der Waals surface area contributed by atoms with Gasteiger partial charge in [-0.05, 0) is 43.5 Å². The van der Waals surface area contributed by atoms with E-state index in [0.717, 1.165) is 12.1 Å². The second-order valence-corrected chi connectivity index (χ2v) is 7.72. The first-order chi connectivity index (χ1) is 13.5. The Balaban J connectivity index is 1.35. The van der Waals surface area contributed by atoms with Gasteiger partial charge in [-0.1, -0.05) is 30.7 Å². The van der Waals surface area contributed by atoms with Gasteiger partial charge >= 0.3 is 6.03 Å². The molecule has 152 valence electrons. The first kappa shape index (κ1) is 20.3. The van der Waals surface area contributed by atoms with Crippen LogP contribution < -0.4 is 5.32 Å². The van der Waals surface area contributed by atoms with Crippen molar-refractivity contribution in [1.82, 2.24) is 20.0 Å². The zero-order chi connectivity index (χ0) is 19.9. The summed E-state index contributed by atoms with van der Waals surface area (Å²) in [6, 6.07) is 8.12. The summed E-state index contributed by atoms with van der Waals surface area (Å²) in [6.45, 7) is 4.27. The minimum atomic E-state index is -0.282. The lowest BCUT2D eigenvalue weighted by molar-refractivity contribution is -0.126. The highest BCUT2D eigenvalue weighted by molar-refractivity contribution is 6.01. The van der Waals surface area contributed by atoms with E-state index in [9.17, 15) is 14.4 Å². The molecule has 2 fully saturated rings. The van der Waals surface area contributed by atoms with Crippen molar-refractivity contribution in [3.63, 3.8) is 0 Å². The van der Waals surface area contributed by atoms with E-state index in [1.165, 1.54) is 47.7 Å². The molecule has 7 nitrogen and oxygen atoms in total. The van der Waals surface area contributed by atoms with Gasteiger partial charge in [0.15, 0.2) is 0 Å². The predicted molar refractivity (Wildman–Crippen MR) is 106 cm³/mol. The molecule has 2 saturated heterocycles. The number of amides is 4. The Hall–Kier alpha value is -2.41. The molecule has 2 aliphatic heterocycles. The molecule has 0 aliphatic carbocycles. The third kappa shape index (κ3) is 5.55. The summed E-state index contributed by atoms with van der Waals surface area (Å²) >= 11 is 0. The van der Waals surface area contributed by atoms with E-state index in [4.69, 9.17) is 0 Å². The van der Waals surface area contributed by atoms with E-state index in [-0.39, 0.29) is 24.4 Å². The maximum absolute atomic E-state index is 12.0. The lowest BCUT2D eigenvalue weighted by Gasteiger charge is -2.26. The number of rotatable bonds is 8. The molecule has 7 heteroatoms. The number of benzene rings is 1. The molecule has 4 amide bonds. The molecule has 0 spiro atoms. The van der Waals surface area contributed by atoms with Crippen LogP contribution in [0.1, 0.15) is 43.2 Å². The number of hydrogen-bond acceptors (Lipinski definition) is 4. The van der Waals surface area contributed by atoms with Crippen molar-refractivity contribution in [2.75, 3.05) is 33.2 Å². The quantitative estimate of drug-likeness (QED) is 0.693. The van der Waals surface area contributed by atoms with E-state index in [1.807, 2.05) is 0 Å². The summed E-state index contributed by atoms with van der Waals surface area (Å²) in [6.07, 6.45) is 4.71. The molecule has 0 aromatic heterocycles. The highest BCUT2D eigenvalue weighted by atomic mass is 16.2. The summed E-state index contributed by atoms with van der Waals surface area (Å²) in [5, 5.41) is 2.91. The highest BCUT2D eigenvalue weighted by Crippen LogP contribution is 2.14. The number of carbonyl (C=O) groups is 3. The summed E-state index contributed by atoms with van der Waals surface area (Å²) in [4.78, 5) is 40.6. The molecule has 0 radical (unpaired) electrons. The molecule has 0 bridgehead atoms. The zero-order valence-electron chi connectivity index (χ0n) is 16.7. The van der Waals surface area contributed by atoms with Crippen LogP contribution in [-0.4, -0.2) is 65.8 Å². The van der Waals surface area contributed by atoms with Crippen molar-refractivity contribution in [1.29, 1.82) is 0 Å². The monoisotopic (exact) mass is 386 g/mol. The molecule has 1 aromatic carbocycles. The van der Waals surface area contributed by atoms with Gasteiger partial charge in [0.1, 0.15) is 6.54 Å². The van der Waals surface area contributed by atoms with Crippen molar-refractivity contribution in [2.24, 2.45) is 0 Å². The summed E-state index contributed by atoms with van der Waals surface area (Å²) in [5.74, 6) is -0.262. The fraction of sp³-hybridized carbons (Fsp3) is 0.571. The van der Waals surface area contributed by atoms with Crippen molar-refractivity contribution in [3.05, 3.63) is 35.4 Å². The number of carbonyl (C=O) groups excluding carboxylic acids is 3. The van der Waals surface area contributed by atoms with Crippen LogP contribution in [0.5, 0.6) is 0 Å². The molecule has 2 aliphatic rings. The zero-order valence-corrected chi connectivity index (χ0v) is 16.7. The van der Waals surface area contributed by atoms with Crippen LogP contribution in [0.25, 0.3) is 0 Å². The van der Waals surface area contributed by atoms with Crippen molar-refractivity contribution >= 4 is 17.8 Å². The van der Waals surface area contributed by atoms with E-state index in [2.05, 4.69) is 34.5 Å². The van der Waals surface area contributed by atoms with Crippen LogP contribution in [0.4, 0.5) is 4.79 Å². The molecule has 28 heavy (non-hydrogen) atoms. The van der Waals surface area contributed by atoms with Gasteiger partial charge in [0.2, 0.25) is 11.8 Å². The first-order valence-corrected chi connectivity index (χ1v) is 10.2. The maximum Gasteiger partial charge on any atom is 0.326 e. The molecule has 0 unspecified atom stereocenters. The van der Waals surface area contributed by atoms with E-state index in [0.29, 0.717) is 25.9 Å². The molecule has 3 rings (SSSR count). The van der Waals surface area contributed by atoms with E-state index < -0.39 is 0 Å². The largest absolute Gasteiger partial charge is 0.352 e. The Labute approximate surface area is 166 Å². The van der Waals surface area contributed by atoms with Crippen LogP contribution >= 0.6 is 0 Å². The standard InChI is InChI=1S/C21H30N4O3/c1-23-16-20(27)25(21(23)28)13-5-6-19(26)22-14-17-7-9-18(10-8-17)15-24-11-3-2-4-12-24/h7-10H,2-6,11-16H2,1H3,(H,22,26). The third-order valence-electron chi connectivity index (χ3n) is 5.38. The first-order valence-electron chi connectivity index (χ1n) is 10.2. The second-order valence-electron chi connectivity index (χ2n) is 7.72. The SMILES string of the molecule is CN1CC(=O)N(CCCC(=O)NCc2ccc(CN3CCCCC3)cc2)C1=O. The fourth-order valence-corrected chi connectivity index (χ4v) is 3.71. The Morgan fingerprint density at radius 2 is 1.71 bits per heavy atom. The van der Waals surface area contributed by atoms with Gasteiger partial charge in [-0.3, -0.25) is 19.4 Å². The van der Waals surface area contributed by atoms with Gasteiger partial charge in [0.05, 0.1) is 0 Å². The van der Waals surface area contributed by atoms with Gasteiger partial charge < -0.3 is 10.2 Å². The van der Waals surface area contributed by atoms with Gasteiger partial charge in [-0.15, -0.1) is 0 Å². The van der Waals surface area contributed by atoms with E-state index in [1.54, 1.807) is 7.05 Å². The average molecular weight is 386 g/mol. The molecular formula is C21H30N4O3. The molecule has 0 saturated carbocycles. The average Bonchev–Trinajstić information content (AvgIpc) is 2.94. The Kier molecular flexibility index (Phi) is 7.03. The van der Waals surface area contributed by atoms with Crippen LogP contribution in [-0.2, 0) is 22.7 Å². The van der Waals surface area contributed by atoms with Crippen molar-refractivity contribution in [3.8, 4) is 0 Å². The number of hydrogen-bond donors (Lipinski definition) is 1. The summed E-state index contributed by atoms with van der Waals surface area (Å²) in [5.41, 5.74) is 2.38. The number of imide groups is 1. The van der Waals surface area contributed by atoms with Crippen LogP contribution in [0.3, 0.4) is 0 Å². The minimum Gasteiger partial charge on any atom is -0.352 e. The van der Waals surface area contributed by atoms with Crippen LogP contribution in [0.15, 0.2) is 24.3 Å². The van der Waals surface area contributed by atoms with E-state index >= 15 is 0 Å². The molecule has 1 aromatic rings. The van der Waals surface area contributed by atoms with Crippen molar-refractivity contribution in [2.45, 2.75) is 45.2 Å². The number of urea groups is 1. The third-order valence-corrected chi connectivity index (χ3v) is 5.38. The van der Waals surface area contributed by atoms with Crippen LogP contribution in [0, 0.1) is 0 Å². The molecule has 1 N–H and O–H groups in total. The molecular weight excluding hydrogens is 356 g/mol. The normalized spacial score (nSPS) is 18.0. The number of nitrogens with zero attached hydrogens (tertiary/aromatic N) is 3. The highest BCUT2D eigenvalue weighted by Gasteiger charge is 2.32. The van der Waals surface area contributed by atoms with Gasteiger partial charge in [-0.2, -0.15) is 0 Å². The Morgan fingerprint density at radius 1 is 1.04 bits per heavy atom. The number of nitrogens with one attached hydrogen (secondary N) is 1. The number of likely N-dealkylation sites (N-methyl/N-ethyl adjacent to an activating group) is 1. The minimum absolute atomic E-state index is 0.0650. The Bertz CT molecular complexity index is 698. The molecule has 2 heterocycles. The van der Waals surface area contributed by atoms with Crippen LogP contribution in [0.2, 0.25) is 0 Å². The maximum atomic E-state index is 12.0. The van der Waals surface area contributed by atoms with Gasteiger partial charge in [-0.25, -0.2) is 4.79 Å². The Morgan fingerprint density at radius 3 is 2.36 bits per heavy atom. The van der Waals surface area contributed by atoms with Gasteiger partial charge in [0.25, 0.3) is 0 Å². The lowest BCUT2D eigenvalue weighted by Crippen LogP contribution is -2.33. The summed E-state index contributed by atoms with van der Waals surface area (Å²) in [7, 11) is 1.60. The summed E-state index contributed by atoms with van der Waals surface area (Å²) < 4.78 is 0. The fourth-order valence-electron chi connectivity index (χ4n) is 3.71. The topological polar surface area (TPSA) is 73.0 Å². The number of piperidine rings is 1.